The van der Waals surface area contributed by atoms with Gasteiger partial charge in [-0.3, -0.25) is 4.79 Å². The summed E-state index contributed by atoms with van der Waals surface area (Å²) in [4.78, 5) is 14.9. The van der Waals surface area contributed by atoms with Gasteiger partial charge in [-0.15, -0.1) is 10.2 Å². The van der Waals surface area contributed by atoms with E-state index in [4.69, 9.17) is 0 Å². The van der Waals surface area contributed by atoms with Gasteiger partial charge in [-0.1, -0.05) is 48.0 Å². The maximum atomic E-state index is 12.9. The zero-order chi connectivity index (χ0) is 19.3. The summed E-state index contributed by atoms with van der Waals surface area (Å²) in [5.74, 6) is 1.55. The third-order valence-electron chi connectivity index (χ3n) is 5.43. The van der Waals surface area contributed by atoms with E-state index in [2.05, 4.69) is 39.0 Å². The lowest BCUT2D eigenvalue weighted by molar-refractivity contribution is 0.0671. The lowest BCUT2D eigenvalue weighted by Crippen LogP contribution is -2.40. The van der Waals surface area contributed by atoms with Gasteiger partial charge in [0.2, 0.25) is 0 Å². The Morgan fingerprint density at radius 1 is 1.14 bits per heavy atom. The number of nitrogens with zero attached hydrogens (tertiary/aromatic N) is 4. The number of piperidine rings is 1. The van der Waals surface area contributed by atoms with E-state index in [1.807, 2.05) is 42.2 Å². The van der Waals surface area contributed by atoms with Crippen LogP contribution >= 0.6 is 0 Å². The molecule has 2 heterocycles. The fraction of sp³-hybridized carbons (Fsp3) is 0.348. The maximum absolute atomic E-state index is 12.9. The summed E-state index contributed by atoms with van der Waals surface area (Å²) in [5, 5.41) is 8.48. The van der Waals surface area contributed by atoms with Crippen molar-refractivity contribution < 1.29 is 4.79 Å². The van der Waals surface area contributed by atoms with Crippen molar-refractivity contribution in [2.24, 2.45) is 5.92 Å². The van der Waals surface area contributed by atoms with Gasteiger partial charge in [0.05, 0.1) is 6.54 Å². The Morgan fingerprint density at radius 3 is 2.82 bits per heavy atom. The topological polar surface area (TPSA) is 51.0 Å². The summed E-state index contributed by atoms with van der Waals surface area (Å²) in [6.07, 6.45) is 4.82. The molecule has 1 amide bonds. The number of benzene rings is 2. The van der Waals surface area contributed by atoms with Gasteiger partial charge in [0.1, 0.15) is 12.2 Å². The lowest BCUT2D eigenvalue weighted by atomic mass is 9.93. The molecule has 1 saturated heterocycles. The first-order valence-corrected chi connectivity index (χ1v) is 9.95. The Morgan fingerprint density at radius 2 is 2.00 bits per heavy atom. The van der Waals surface area contributed by atoms with E-state index in [0.29, 0.717) is 5.92 Å². The van der Waals surface area contributed by atoms with Crippen molar-refractivity contribution in [2.75, 3.05) is 13.1 Å². The first kappa shape index (κ1) is 18.4. The molecule has 3 aromatic rings. The molecule has 0 N–H and O–H groups in total. The van der Waals surface area contributed by atoms with Crippen molar-refractivity contribution in [1.29, 1.82) is 0 Å². The predicted octanol–water partition coefficient (Wildman–Crippen LogP) is 3.73. The molecule has 5 heteroatoms. The molecule has 1 aliphatic heterocycles. The molecule has 0 saturated carbocycles. The van der Waals surface area contributed by atoms with Gasteiger partial charge < -0.3 is 9.47 Å². The normalized spacial score (nSPS) is 16.9. The van der Waals surface area contributed by atoms with Crippen molar-refractivity contribution >= 4 is 5.91 Å². The van der Waals surface area contributed by atoms with Gasteiger partial charge >= 0.3 is 0 Å². The first-order chi connectivity index (χ1) is 13.7. The number of carbonyl (C=O) groups is 1. The van der Waals surface area contributed by atoms with E-state index in [1.54, 1.807) is 6.33 Å². The largest absolute Gasteiger partial charge is 0.338 e. The van der Waals surface area contributed by atoms with E-state index in [-0.39, 0.29) is 5.91 Å². The quantitative estimate of drug-likeness (QED) is 0.684. The minimum Gasteiger partial charge on any atom is -0.338 e. The number of hydrogen-bond acceptors (Lipinski definition) is 3. The van der Waals surface area contributed by atoms with Crippen LogP contribution in [0.15, 0.2) is 60.9 Å². The van der Waals surface area contributed by atoms with Crippen LogP contribution in [0.5, 0.6) is 0 Å². The highest BCUT2D eigenvalue weighted by Gasteiger charge is 2.26. The van der Waals surface area contributed by atoms with Crippen LogP contribution in [0.4, 0.5) is 0 Å². The highest BCUT2D eigenvalue weighted by molar-refractivity contribution is 5.94. The Bertz CT molecular complexity index is 935. The van der Waals surface area contributed by atoms with Crippen LogP contribution in [0, 0.1) is 12.8 Å². The molecule has 0 aliphatic carbocycles. The molecule has 28 heavy (non-hydrogen) atoms. The van der Waals surface area contributed by atoms with Crippen molar-refractivity contribution in [3.05, 3.63) is 83.4 Å². The molecule has 1 atom stereocenters. The Labute approximate surface area is 166 Å². The van der Waals surface area contributed by atoms with Gasteiger partial charge in [-0.25, -0.2) is 0 Å². The zero-order valence-corrected chi connectivity index (χ0v) is 16.3. The summed E-state index contributed by atoms with van der Waals surface area (Å²) in [5.41, 5.74) is 3.14. The van der Waals surface area contributed by atoms with Crippen molar-refractivity contribution in [3.8, 4) is 0 Å². The fourth-order valence-electron chi connectivity index (χ4n) is 3.98. The van der Waals surface area contributed by atoms with Gasteiger partial charge in [-0.05, 0) is 43.4 Å². The van der Waals surface area contributed by atoms with E-state index >= 15 is 0 Å². The van der Waals surface area contributed by atoms with Crippen LogP contribution in [-0.4, -0.2) is 38.7 Å². The number of amides is 1. The highest BCUT2D eigenvalue weighted by Crippen LogP contribution is 2.22. The van der Waals surface area contributed by atoms with Crippen molar-refractivity contribution in [2.45, 2.75) is 32.7 Å². The molecule has 0 spiro atoms. The summed E-state index contributed by atoms with van der Waals surface area (Å²) in [7, 11) is 0. The molecule has 1 aliphatic rings. The minimum absolute atomic E-state index is 0.138. The van der Waals surface area contributed by atoms with Crippen molar-refractivity contribution in [1.82, 2.24) is 19.7 Å². The van der Waals surface area contributed by atoms with Crippen LogP contribution in [-0.2, 0) is 13.0 Å². The summed E-state index contributed by atoms with van der Waals surface area (Å²) in [6, 6.07) is 18.2. The highest BCUT2D eigenvalue weighted by atomic mass is 16.2. The average Bonchev–Trinajstić information content (AvgIpc) is 3.15. The fourth-order valence-corrected chi connectivity index (χ4v) is 3.98. The van der Waals surface area contributed by atoms with Gasteiger partial charge in [0, 0.05) is 25.1 Å². The van der Waals surface area contributed by atoms with Crippen LogP contribution in [0.25, 0.3) is 0 Å². The van der Waals surface area contributed by atoms with Gasteiger partial charge in [0.25, 0.3) is 5.91 Å². The van der Waals surface area contributed by atoms with E-state index in [0.717, 1.165) is 55.8 Å². The van der Waals surface area contributed by atoms with E-state index in [9.17, 15) is 4.79 Å². The van der Waals surface area contributed by atoms with Crippen LogP contribution in [0.3, 0.4) is 0 Å². The molecule has 144 valence electrons. The van der Waals surface area contributed by atoms with Gasteiger partial charge in [0.15, 0.2) is 0 Å². The second-order valence-electron chi connectivity index (χ2n) is 7.69. The number of carbonyl (C=O) groups excluding carboxylic acids is 1. The number of rotatable bonds is 5. The molecule has 2 aromatic carbocycles. The van der Waals surface area contributed by atoms with Crippen LogP contribution < -0.4 is 0 Å². The smallest absolute Gasteiger partial charge is 0.253 e. The first-order valence-electron chi connectivity index (χ1n) is 9.95. The third-order valence-corrected chi connectivity index (χ3v) is 5.43. The lowest BCUT2D eigenvalue weighted by Gasteiger charge is -2.32. The molecule has 1 fully saturated rings. The molecule has 4 rings (SSSR count). The standard InChI is InChI=1S/C23H26N4O/c1-18-7-5-11-21(13-18)23(28)26-12-6-10-20(16-26)14-22-25-24-17-27(22)15-19-8-3-2-4-9-19/h2-5,7-9,11,13,17,20H,6,10,12,14-16H2,1H3. The summed E-state index contributed by atoms with van der Waals surface area (Å²) < 4.78 is 2.12. The van der Waals surface area contributed by atoms with E-state index in [1.165, 1.54) is 5.56 Å². The maximum Gasteiger partial charge on any atom is 0.253 e. The van der Waals surface area contributed by atoms with E-state index < -0.39 is 0 Å². The number of aryl methyl sites for hydroxylation is 1. The van der Waals surface area contributed by atoms with Gasteiger partial charge in [-0.2, -0.15) is 0 Å². The number of hydrogen-bond donors (Lipinski definition) is 0. The third kappa shape index (κ3) is 4.30. The molecular weight excluding hydrogens is 348 g/mol. The van der Waals surface area contributed by atoms with Crippen LogP contribution in [0.2, 0.25) is 0 Å². The molecular formula is C23H26N4O. The summed E-state index contributed by atoms with van der Waals surface area (Å²) in [6.45, 7) is 4.42. The number of likely N-dealkylation sites (tertiary alicyclic amines) is 1. The molecule has 1 aromatic heterocycles. The summed E-state index contributed by atoms with van der Waals surface area (Å²) >= 11 is 0. The van der Waals surface area contributed by atoms with Crippen molar-refractivity contribution in [3.63, 3.8) is 0 Å². The Hall–Kier alpha value is -2.95. The second-order valence-corrected chi connectivity index (χ2v) is 7.69. The Kier molecular flexibility index (Phi) is 5.51. The zero-order valence-electron chi connectivity index (χ0n) is 16.3. The molecule has 5 nitrogen and oxygen atoms in total. The molecule has 1 unspecified atom stereocenters. The number of aromatic nitrogens is 3. The Balaban J connectivity index is 1.42. The average molecular weight is 374 g/mol. The SMILES string of the molecule is Cc1cccc(C(=O)N2CCCC(Cc3nncn3Cc3ccccc3)C2)c1. The monoisotopic (exact) mass is 374 g/mol. The predicted molar refractivity (Wildman–Crippen MR) is 109 cm³/mol. The second kappa shape index (κ2) is 8.38. The molecule has 0 radical (unpaired) electrons. The minimum atomic E-state index is 0.138. The van der Waals surface area contributed by atoms with Crippen LogP contribution in [0.1, 0.15) is 40.2 Å². The molecule has 0 bridgehead atoms.